The van der Waals surface area contributed by atoms with E-state index in [9.17, 15) is 10.1 Å². The molecule has 10 nitrogen and oxygen atoms in total. The molecule has 1 aromatic heterocycles. The Labute approximate surface area is 295 Å². The number of anilines is 1. The molecule has 1 aliphatic heterocycles. The summed E-state index contributed by atoms with van der Waals surface area (Å²) in [5.74, 6) is -2.37. The molecule has 0 spiro atoms. The third-order valence-electron chi connectivity index (χ3n) is 9.09. The molecule has 0 N–H and O–H groups in total. The van der Waals surface area contributed by atoms with Gasteiger partial charge in [0.2, 0.25) is 11.6 Å². The number of hydrogen-bond donors (Lipinski definition) is 0. The Bertz CT molecular complexity index is 1940. The molecular weight excluding hydrogens is 656 g/mol. The molecule has 2 aliphatic rings. The predicted octanol–water partition coefficient (Wildman–Crippen LogP) is 7.65. The maximum Gasteiger partial charge on any atom is 0.308 e. The fraction of sp³-hybridized carbons (Fsp3) is 0.333. The van der Waals surface area contributed by atoms with Gasteiger partial charge in [0.15, 0.2) is 11.5 Å². The van der Waals surface area contributed by atoms with Crippen LogP contribution in [0.15, 0.2) is 77.8 Å². The van der Waals surface area contributed by atoms with Crippen LogP contribution in [0, 0.1) is 28.9 Å². The number of aromatic nitrogens is 1. The highest BCUT2D eigenvalue weighted by Gasteiger charge is 2.34. The molecule has 3 aromatic carbocycles. The van der Waals surface area contributed by atoms with Crippen LogP contribution in [0.25, 0.3) is 0 Å². The number of benzene rings is 3. The SMILES string of the molecule is CCOC(=O)C1CCC(N(C)c2c(F)c(Oc3cccc(C4=NCCN4C)c3)nc(Oc3cc(C#N)ccc3OCc3ccccc3)c2F)CC1. The lowest BCUT2D eigenvalue weighted by Gasteiger charge is -2.35. The Hall–Kier alpha value is -5.70. The molecule has 51 heavy (non-hydrogen) atoms. The van der Waals surface area contributed by atoms with E-state index in [2.05, 4.69) is 16.0 Å². The van der Waals surface area contributed by atoms with Gasteiger partial charge in [0.25, 0.3) is 11.8 Å². The predicted molar refractivity (Wildman–Crippen MR) is 187 cm³/mol. The molecule has 4 aromatic rings. The molecular formula is C39H39F2N5O5. The van der Waals surface area contributed by atoms with Crippen molar-refractivity contribution in [2.45, 2.75) is 45.3 Å². The number of pyridine rings is 1. The van der Waals surface area contributed by atoms with E-state index in [4.69, 9.17) is 18.9 Å². The summed E-state index contributed by atoms with van der Waals surface area (Å²) in [6, 6.07) is 22.7. The summed E-state index contributed by atoms with van der Waals surface area (Å²) >= 11 is 0. The first-order chi connectivity index (χ1) is 24.7. The number of amidine groups is 1. The number of rotatable bonds is 12. The van der Waals surface area contributed by atoms with Crippen molar-refractivity contribution in [3.05, 3.63) is 101 Å². The van der Waals surface area contributed by atoms with E-state index in [0.29, 0.717) is 38.8 Å². The van der Waals surface area contributed by atoms with E-state index in [1.54, 1.807) is 44.3 Å². The van der Waals surface area contributed by atoms with Gasteiger partial charge in [-0.2, -0.15) is 19.0 Å². The summed E-state index contributed by atoms with van der Waals surface area (Å²) in [5, 5.41) is 9.63. The lowest BCUT2D eigenvalue weighted by Crippen LogP contribution is -2.38. The standard InChI is InChI=1S/C39H39F2N5O5/c1-4-48-39(47)27-14-16-29(17-15-27)46(3)35-33(40)37(50-30-12-8-11-28(22-30)36-43-19-20-45(36)2)44-38(34(35)41)51-32-21-26(23-42)13-18-31(32)49-24-25-9-6-5-7-10-25/h5-13,18,21-22,27,29H,4,14-17,19-20,24H2,1-3H3. The first kappa shape index (κ1) is 35.1. The fourth-order valence-corrected chi connectivity index (χ4v) is 6.35. The molecule has 0 saturated heterocycles. The zero-order valence-corrected chi connectivity index (χ0v) is 28.8. The highest BCUT2D eigenvalue weighted by Crippen LogP contribution is 2.42. The van der Waals surface area contributed by atoms with Crippen LogP contribution in [0.3, 0.4) is 0 Å². The number of carbonyl (C=O) groups is 1. The highest BCUT2D eigenvalue weighted by molar-refractivity contribution is 5.99. The Morgan fingerprint density at radius 3 is 2.39 bits per heavy atom. The number of likely N-dealkylation sites (N-methyl/N-ethyl adjacent to an activating group) is 1. The second kappa shape index (κ2) is 15.9. The third-order valence-corrected chi connectivity index (χ3v) is 9.09. The van der Waals surface area contributed by atoms with Gasteiger partial charge in [-0.1, -0.05) is 42.5 Å². The quantitative estimate of drug-likeness (QED) is 0.138. The second-order valence-electron chi connectivity index (χ2n) is 12.5. The molecule has 0 bridgehead atoms. The van der Waals surface area contributed by atoms with Gasteiger partial charge in [0.1, 0.15) is 23.9 Å². The van der Waals surface area contributed by atoms with Crippen molar-refractivity contribution in [1.82, 2.24) is 9.88 Å². The van der Waals surface area contributed by atoms with Gasteiger partial charge in [-0.3, -0.25) is 9.79 Å². The lowest BCUT2D eigenvalue weighted by molar-refractivity contribution is -0.149. The first-order valence-corrected chi connectivity index (χ1v) is 17.0. The van der Waals surface area contributed by atoms with Crippen molar-refractivity contribution in [3.8, 4) is 35.1 Å². The smallest absolute Gasteiger partial charge is 0.308 e. The molecule has 0 atom stereocenters. The Kier molecular flexibility index (Phi) is 10.9. The lowest BCUT2D eigenvalue weighted by atomic mass is 9.85. The molecule has 2 heterocycles. The summed E-state index contributed by atoms with van der Waals surface area (Å²) in [5.41, 5.74) is 1.50. The van der Waals surface area contributed by atoms with Crippen LogP contribution in [0.5, 0.6) is 29.0 Å². The van der Waals surface area contributed by atoms with Crippen LogP contribution in [0.1, 0.15) is 49.3 Å². The monoisotopic (exact) mass is 695 g/mol. The Morgan fingerprint density at radius 1 is 0.961 bits per heavy atom. The van der Waals surface area contributed by atoms with Crippen molar-refractivity contribution in [2.75, 3.05) is 38.7 Å². The summed E-state index contributed by atoms with van der Waals surface area (Å²) < 4.78 is 56.4. The molecule has 264 valence electrons. The molecule has 6 rings (SSSR count). The number of carbonyl (C=O) groups excluding carboxylic acids is 1. The normalized spacial score (nSPS) is 16.9. The third kappa shape index (κ3) is 8.04. The minimum atomic E-state index is -1.05. The largest absolute Gasteiger partial charge is 0.485 e. The summed E-state index contributed by atoms with van der Waals surface area (Å²) in [6.07, 6.45) is 2.05. The Morgan fingerprint density at radius 2 is 1.71 bits per heavy atom. The van der Waals surface area contributed by atoms with Crippen molar-refractivity contribution in [1.29, 1.82) is 5.26 Å². The first-order valence-electron chi connectivity index (χ1n) is 17.0. The zero-order chi connectivity index (χ0) is 35.9. The van der Waals surface area contributed by atoms with Crippen molar-refractivity contribution >= 4 is 17.5 Å². The average Bonchev–Trinajstić information content (AvgIpc) is 3.59. The van der Waals surface area contributed by atoms with Crippen molar-refractivity contribution in [3.63, 3.8) is 0 Å². The summed E-state index contributed by atoms with van der Waals surface area (Å²) in [7, 11) is 3.54. The number of ether oxygens (including phenoxy) is 4. The van der Waals surface area contributed by atoms with Gasteiger partial charge >= 0.3 is 5.97 Å². The molecule has 0 unspecified atom stereocenters. The minimum Gasteiger partial charge on any atom is -0.485 e. The zero-order valence-electron chi connectivity index (χ0n) is 28.8. The summed E-state index contributed by atoms with van der Waals surface area (Å²) in [4.78, 5) is 24.7. The minimum absolute atomic E-state index is 0.0155. The fourth-order valence-electron chi connectivity index (χ4n) is 6.35. The van der Waals surface area contributed by atoms with Gasteiger partial charge in [0.05, 0.1) is 30.7 Å². The number of nitrogens with zero attached hydrogens (tertiary/aromatic N) is 5. The second-order valence-corrected chi connectivity index (χ2v) is 12.5. The van der Waals surface area contributed by atoms with E-state index in [1.165, 1.54) is 11.0 Å². The van der Waals surface area contributed by atoms with E-state index < -0.39 is 29.1 Å². The van der Waals surface area contributed by atoms with E-state index >= 15 is 8.78 Å². The van der Waals surface area contributed by atoms with Crippen LogP contribution < -0.4 is 19.1 Å². The van der Waals surface area contributed by atoms with Crippen LogP contribution in [-0.4, -0.2) is 61.5 Å². The number of aliphatic imine (C=N–C) groups is 1. The van der Waals surface area contributed by atoms with Gasteiger partial charge in [-0.05, 0) is 62.4 Å². The molecule has 0 radical (unpaired) electrons. The van der Waals surface area contributed by atoms with Crippen LogP contribution >= 0.6 is 0 Å². The topological polar surface area (TPSA) is 110 Å². The van der Waals surface area contributed by atoms with Gasteiger partial charge in [-0.15, -0.1) is 0 Å². The Balaban J connectivity index is 1.36. The number of nitriles is 1. The maximum atomic E-state index is 16.6. The van der Waals surface area contributed by atoms with Crippen LogP contribution in [-0.2, 0) is 16.1 Å². The van der Waals surface area contributed by atoms with E-state index in [0.717, 1.165) is 23.5 Å². The van der Waals surface area contributed by atoms with E-state index in [-0.39, 0.29) is 47.3 Å². The molecule has 0 amide bonds. The summed E-state index contributed by atoms with van der Waals surface area (Å²) in [6.45, 7) is 3.67. The van der Waals surface area contributed by atoms with Crippen molar-refractivity contribution < 1.29 is 32.5 Å². The molecule has 1 fully saturated rings. The van der Waals surface area contributed by atoms with Crippen LogP contribution in [0.4, 0.5) is 14.5 Å². The van der Waals surface area contributed by atoms with Crippen molar-refractivity contribution in [2.24, 2.45) is 10.9 Å². The molecule has 1 saturated carbocycles. The number of hydrogen-bond acceptors (Lipinski definition) is 10. The highest BCUT2D eigenvalue weighted by atomic mass is 19.1. The van der Waals surface area contributed by atoms with Gasteiger partial charge in [-0.25, -0.2) is 0 Å². The van der Waals surface area contributed by atoms with Crippen LogP contribution in [0.2, 0.25) is 0 Å². The average molecular weight is 696 g/mol. The number of esters is 1. The molecule has 12 heteroatoms. The van der Waals surface area contributed by atoms with E-state index in [1.807, 2.05) is 48.3 Å². The molecule has 1 aliphatic carbocycles. The number of halogens is 2. The maximum absolute atomic E-state index is 16.6. The van der Waals surface area contributed by atoms with Gasteiger partial charge in [0, 0.05) is 38.3 Å². The van der Waals surface area contributed by atoms with Gasteiger partial charge < -0.3 is 28.7 Å².